The van der Waals surface area contributed by atoms with Crippen LogP contribution in [0.1, 0.15) is 47.0 Å². The highest BCUT2D eigenvalue weighted by Gasteiger charge is 2.37. The average Bonchev–Trinajstić information content (AvgIpc) is 3.69. The third-order valence-electron chi connectivity index (χ3n) is 7.49. The summed E-state index contributed by atoms with van der Waals surface area (Å²) in [5.41, 5.74) is 9.23. The van der Waals surface area contributed by atoms with Gasteiger partial charge >= 0.3 is 0 Å². The number of methoxy groups -OCH3 is 3. The Labute approximate surface area is 249 Å². The van der Waals surface area contributed by atoms with Gasteiger partial charge in [0.05, 0.1) is 27.0 Å². The van der Waals surface area contributed by atoms with Crippen LogP contribution in [0.2, 0.25) is 0 Å². The molecule has 5 rings (SSSR count). The monoisotopic (exact) mass is 586 g/mol. The minimum absolute atomic E-state index is 0.0567. The molecule has 1 aliphatic rings. The molecule has 42 heavy (non-hydrogen) atoms. The van der Waals surface area contributed by atoms with Crippen molar-refractivity contribution >= 4 is 34.7 Å². The van der Waals surface area contributed by atoms with Crippen molar-refractivity contribution in [1.29, 1.82) is 0 Å². The van der Waals surface area contributed by atoms with Gasteiger partial charge in [-0.25, -0.2) is 0 Å². The van der Waals surface area contributed by atoms with E-state index < -0.39 is 11.9 Å². The zero-order chi connectivity index (χ0) is 29.6. The van der Waals surface area contributed by atoms with Crippen LogP contribution in [0.4, 0.5) is 11.4 Å². The standard InChI is InChI=1S/C32H34N4O5S/c1-39-24-14-8-20(9-15-24)28-27(33)30(42-35-28)32(38)36(23-12-18-26(41-3)19-13-23)29(21-10-16-25(40-2)17-11-21)31(37)34-22-6-4-5-7-22/h8-19,22,29H,4-7,33H2,1-3H3,(H,34,37). The van der Waals surface area contributed by atoms with Crippen LogP contribution in [0.25, 0.3) is 11.3 Å². The molecule has 0 bridgehead atoms. The van der Waals surface area contributed by atoms with Crippen molar-refractivity contribution in [2.45, 2.75) is 37.8 Å². The van der Waals surface area contributed by atoms with Crippen LogP contribution in [0.15, 0.2) is 72.8 Å². The Hall–Kier alpha value is -4.57. The zero-order valence-corrected chi connectivity index (χ0v) is 24.6. The number of hydrogen-bond donors (Lipinski definition) is 2. The Morgan fingerprint density at radius 3 is 1.93 bits per heavy atom. The number of amides is 2. The maximum Gasteiger partial charge on any atom is 0.273 e. The lowest BCUT2D eigenvalue weighted by molar-refractivity contribution is -0.123. The third-order valence-corrected chi connectivity index (χ3v) is 8.35. The number of ether oxygens (including phenoxy) is 3. The lowest BCUT2D eigenvalue weighted by Crippen LogP contribution is -2.46. The first kappa shape index (κ1) is 28.9. The Kier molecular flexibility index (Phi) is 8.92. The predicted octanol–water partition coefficient (Wildman–Crippen LogP) is 5.87. The second kappa shape index (κ2) is 12.9. The second-order valence-electron chi connectivity index (χ2n) is 10.0. The molecule has 0 saturated heterocycles. The van der Waals surface area contributed by atoms with E-state index in [9.17, 15) is 9.59 Å². The molecular weight excluding hydrogens is 552 g/mol. The van der Waals surface area contributed by atoms with Crippen LogP contribution in [-0.4, -0.2) is 43.6 Å². The molecule has 1 aromatic heterocycles. The highest BCUT2D eigenvalue weighted by molar-refractivity contribution is 7.09. The molecule has 1 unspecified atom stereocenters. The normalized spacial score (nSPS) is 13.8. The Bertz CT molecular complexity index is 1510. The van der Waals surface area contributed by atoms with Gasteiger partial charge < -0.3 is 25.3 Å². The van der Waals surface area contributed by atoms with Gasteiger partial charge in [0.15, 0.2) is 0 Å². The van der Waals surface area contributed by atoms with Crippen molar-refractivity contribution in [3.8, 4) is 28.5 Å². The number of nitrogens with one attached hydrogen (secondary N) is 1. The third kappa shape index (κ3) is 6.03. The topological polar surface area (TPSA) is 116 Å². The molecule has 2 amide bonds. The molecule has 3 aromatic carbocycles. The zero-order valence-electron chi connectivity index (χ0n) is 23.8. The molecule has 0 radical (unpaired) electrons. The molecule has 1 aliphatic carbocycles. The van der Waals surface area contributed by atoms with Crippen molar-refractivity contribution < 1.29 is 23.8 Å². The van der Waals surface area contributed by atoms with Gasteiger partial charge in [0, 0.05) is 17.3 Å². The molecule has 218 valence electrons. The van der Waals surface area contributed by atoms with E-state index in [2.05, 4.69) is 9.69 Å². The van der Waals surface area contributed by atoms with Gasteiger partial charge in [-0.3, -0.25) is 14.5 Å². The summed E-state index contributed by atoms with van der Waals surface area (Å²) in [4.78, 5) is 30.3. The summed E-state index contributed by atoms with van der Waals surface area (Å²) in [7, 11) is 4.75. The number of aromatic nitrogens is 1. The van der Waals surface area contributed by atoms with Gasteiger partial charge in [0.25, 0.3) is 5.91 Å². The molecule has 10 heteroatoms. The van der Waals surface area contributed by atoms with Crippen LogP contribution in [0.3, 0.4) is 0 Å². The van der Waals surface area contributed by atoms with Crippen molar-refractivity contribution in [3.63, 3.8) is 0 Å². The predicted molar refractivity (Wildman–Crippen MR) is 164 cm³/mol. The molecule has 1 fully saturated rings. The van der Waals surface area contributed by atoms with Gasteiger partial charge in [-0.1, -0.05) is 25.0 Å². The summed E-state index contributed by atoms with van der Waals surface area (Å²) >= 11 is 1.01. The number of nitrogen functional groups attached to an aromatic ring is 1. The Balaban J connectivity index is 1.60. The van der Waals surface area contributed by atoms with E-state index in [1.807, 2.05) is 24.3 Å². The summed E-state index contributed by atoms with van der Waals surface area (Å²) < 4.78 is 20.5. The summed E-state index contributed by atoms with van der Waals surface area (Å²) in [6.07, 6.45) is 3.94. The molecule has 9 nitrogen and oxygen atoms in total. The number of hydrogen-bond acceptors (Lipinski definition) is 8. The number of carbonyl (C=O) groups excluding carboxylic acids is 2. The van der Waals surface area contributed by atoms with Crippen LogP contribution < -0.4 is 30.2 Å². The Morgan fingerprint density at radius 1 is 0.857 bits per heavy atom. The number of nitrogens with zero attached hydrogens (tertiary/aromatic N) is 2. The van der Waals surface area contributed by atoms with Gasteiger partial charge in [0.2, 0.25) is 5.91 Å². The quantitative estimate of drug-likeness (QED) is 0.239. The summed E-state index contributed by atoms with van der Waals surface area (Å²) in [5.74, 6) is 1.27. The summed E-state index contributed by atoms with van der Waals surface area (Å²) in [5, 5.41) is 3.20. The van der Waals surface area contributed by atoms with Crippen LogP contribution in [0, 0.1) is 0 Å². The SMILES string of the molecule is COc1ccc(-c2nsc(C(=O)N(c3ccc(OC)cc3)C(C(=O)NC3CCCC3)c3ccc(OC)cc3)c2N)cc1. The van der Waals surface area contributed by atoms with Crippen molar-refractivity contribution in [2.24, 2.45) is 0 Å². The van der Waals surface area contributed by atoms with Gasteiger partial charge in [-0.15, -0.1) is 0 Å². The lowest BCUT2D eigenvalue weighted by atomic mass is 10.0. The van der Waals surface area contributed by atoms with Crippen LogP contribution >= 0.6 is 11.5 Å². The summed E-state index contributed by atoms with van der Waals surface area (Å²) in [6, 6.07) is 20.6. The van der Waals surface area contributed by atoms with Crippen molar-refractivity contribution in [3.05, 3.63) is 83.2 Å². The van der Waals surface area contributed by atoms with Gasteiger partial charge in [-0.2, -0.15) is 4.37 Å². The number of benzene rings is 3. The van der Waals surface area contributed by atoms with E-state index in [0.29, 0.717) is 34.2 Å². The van der Waals surface area contributed by atoms with Crippen molar-refractivity contribution in [1.82, 2.24) is 9.69 Å². The largest absolute Gasteiger partial charge is 0.497 e. The lowest BCUT2D eigenvalue weighted by Gasteiger charge is -2.32. The second-order valence-corrected chi connectivity index (χ2v) is 10.8. The summed E-state index contributed by atoms with van der Waals surface area (Å²) in [6.45, 7) is 0. The molecule has 0 spiro atoms. The average molecular weight is 587 g/mol. The first-order valence-corrected chi connectivity index (χ1v) is 14.5. The van der Waals surface area contributed by atoms with Crippen LogP contribution in [0.5, 0.6) is 17.2 Å². The van der Waals surface area contributed by atoms with E-state index in [1.54, 1.807) is 69.9 Å². The van der Waals surface area contributed by atoms with E-state index in [1.165, 1.54) is 4.90 Å². The fourth-order valence-electron chi connectivity index (χ4n) is 5.20. The van der Waals surface area contributed by atoms with E-state index >= 15 is 0 Å². The fraction of sp³-hybridized carbons (Fsp3) is 0.281. The molecule has 1 saturated carbocycles. The fourth-order valence-corrected chi connectivity index (χ4v) is 5.96. The van der Waals surface area contributed by atoms with E-state index in [0.717, 1.165) is 42.8 Å². The smallest absolute Gasteiger partial charge is 0.273 e. The van der Waals surface area contributed by atoms with Gasteiger partial charge in [-0.05, 0) is 90.6 Å². The number of anilines is 2. The van der Waals surface area contributed by atoms with E-state index in [-0.39, 0.29) is 22.5 Å². The van der Waals surface area contributed by atoms with Gasteiger partial charge in [0.1, 0.15) is 33.9 Å². The maximum absolute atomic E-state index is 14.5. The first-order valence-electron chi connectivity index (χ1n) is 13.7. The molecule has 4 aromatic rings. The number of carbonyl (C=O) groups is 2. The maximum atomic E-state index is 14.5. The molecule has 3 N–H and O–H groups in total. The number of rotatable bonds is 10. The molecular formula is C32H34N4O5S. The highest BCUT2D eigenvalue weighted by atomic mass is 32.1. The van der Waals surface area contributed by atoms with Crippen molar-refractivity contribution in [2.75, 3.05) is 32.0 Å². The molecule has 1 heterocycles. The minimum Gasteiger partial charge on any atom is -0.497 e. The minimum atomic E-state index is -0.983. The van der Waals surface area contributed by atoms with Crippen LogP contribution in [-0.2, 0) is 4.79 Å². The number of nitrogens with two attached hydrogens (primary N) is 1. The molecule has 1 atom stereocenters. The van der Waals surface area contributed by atoms with E-state index in [4.69, 9.17) is 19.9 Å². The first-order chi connectivity index (χ1) is 20.4. The molecule has 0 aliphatic heterocycles. The Morgan fingerprint density at radius 2 is 1.38 bits per heavy atom. The highest BCUT2D eigenvalue weighted by Crippen LogP contribution is 2.37.